The zero-order valence-corrected chi connectivity index (χ0v) is 19.0. The second-order valence-electron chi connectivity index (χ2n) is 7.74. The number of hydrogen-bond donors (Lipinski definition) is 4. The van der Waals surface area contributed by atoms with Gasteiger partial charge in [-0.25, -0.2) is 4.98 Å². The molecule has 0 atom stereocenters. The first-order valence-electron chi connectivity index (χ1n) is 11.2. The number of anilines is 1. The van der Waals surface area contributed by atoms with Crippen LogP contribution in [-0.4, -0.2) is 41.6 Å². The van der Waals surface area contributed by atoms with Crippen LogP contribution in [0.4, 0.5) is 5.69 Å². The van der Waals surface area contributed by atoms with Crippen LogP contribution >= 0.6 is 0 Å². The lowest BCUT2D eigenvalue weighted by atomic mass is 9.98. The van der Waals surface area contributed by atoms with Crippen molar-refractivity contribution >= 4 is 28.3 Å². The lowest BCUT2D eigenvalue weighted by Gasteiger charge is -2.18. The molecule has 9 nitrogen and oxygen atoms in total. The number of nitrogens with one attached hydrogen (secondary N) is 4. The van der Waals surface area contributed by atoms with E-state index in [0.29, 0.717) is 37.6 Å². The summed E-state index contributed by atoms with van der Waals surface area (Å²) in [7, 11) is 0. The number of hydrogen-bond acceptors (Lipinski definition) is 7. The standard InChI is InChI=1S/C25H28N6O3/c1-2-15-34-16-13-27-25(33)23-22(8-5-11-26-23)29-24(32)21-10-9-18(17-31-14-12-28-30-31)19-6-3-4-7-20(19)21/h3-12,14,28,30H,2,13,15-17H2,1H3,(H,27,33)(H,29,32). The molecule has 0 radical (unpaired) electrons. The maximum atomic E-state index is 13.3. The molecule has 0 fully saturated rings. The normalized spacial score (nSPS) is 12.6. The second kappa shape index (κ2) is 11.3. The monoisotopic (exact) mass is 460 g/mol. The van der Waals surface area contributed by atoms with Crippen LogP contribution in [0, 0.1) is 0 Å². The molecule has 2 heterocycles. The maximum Gasteiger partial charge on any atom is 0.272 e. The summed E-state index contributed by atoms with van der Waals surface area (Å²) in [6.45, 7) is 4.09. The zero-order valence-electron chi connectivity index (χ0n) is 19.0. The molecule has 0 saturated carbocycles. The second-order valence-corrected chi connectivity index (χ2v) is 7.74. The summed E-state index contributed by atoms with van der Waals surface area (Å²) in [5.41, 5.74) is 8.04. The largest absolute Gasteiger partial charge is 0.380 e. The number of aromatic nitrogens is 1. The molecule has 1 aliphatic rings. The fourth-order valence-electron chi connectivity index (χ4n) is 3.70. The Balaban J connectivity index is 1.52. The van der Waals surface area contributed by atoms with E-state index in [1.807, 2.05) is 54.7 Å². The lowest BCUT2D eigenvalue weighted by Crippen LogP contribution is -2.34. The van der Waals surface area contributed by atoms with E-state index in [-0.39, 0.29) is 17.5 Å². The summed E-state index contributed by atoms with van der Waals surface area (Å²) in [4.78, 5) is 30.1. The zero-order chi connectivity index (χ0) is 23.8. The van der Waals surface area contributed by atoms with E-state index >= 15 is 0 Å². The highest BCUT2D eigenvalue weighted by atomic mass is 16.5. The van der Waals surface area contributed by atoms with Gasteiger partial charge in [-0.2, -0.15) is 0 Å². The predicted molar refractivity (Wildman–Crippen MR) is 131 cm³/mol. The van der Waals surface area contributed by atoms with Crippen molar-refractivity contribution in [1.29, 1.82) is 0 Å². The minimum absolute atomic E-state index is 0.159. The molecule has 0 bridgehead atoms. The van der Waals surface area contributed by atoms with E-state index in [1.165, 1.54) is 6.20 Å². The van der Waals surface area contributed by atoms with Crippen LogP contribution in [0.25, 0.3) is 10.8 Å². The van der Waals surface area contributed by atoms with Gasteiger partial charge in [0.25, 0.3) is 11.8 Å². The average Bonchev–Trinajstić information content (AvgIpc) is 3.37. The van der Waals surface area contributed by atoms with Crippen molar-refractivity contribution < 1.29 is 14.3 Å². The fourth-order valence-corrected chi connectivity index (χ4v) is 3.70. The number of rotatable bonds is 10. The van der Waals surface area contributed by atoms with Crippen LogP contribution in [0.15, 0.2) is 67.1 Å². The number of ether oxygens (including phenoxy) is 1. The summed E-state index contributed by atoms with van der Waals surface area (Å²) < 4.78 is 5.39. The van der Waals surface area contributed by atoms with Gasteiger partial charge in [-0.3, -0.25) is 14.6 Å². The molecule has 3 aromatic rings. The van der Waals surface area contributed by atoms with E-state index in [1.54, 1.807) is 18.2 Å². The topological polar surface area (TPSA) is 108 Å². The van der Waals surface area contributed by atoms with Gasteiger partial charge in [0.1, 0.15) is 0 Å². The number of carbonyl (C=O) groups is 2. The smallest absolute Gasteiger partial charge is 0.272 e. The third-order valence-electron chi connectivity index (χ3n) is 5.30. The highest BCUT2D eigenvalue weighted by molar-refractivity contribution is 6.15. The molecule has 1 aromatic heterocycles. The molecule has 176 valence electrons. The summed E-state index contributed by atoms with van der Waals surface area (Å²) in [5.74, 6) is -0.673. The lowest BCUT2D eigenvalue weighted by molar-refractivity contribution is 0.0911. The molecule has 4 N–H and O–H groups in total. The van der Waals surface area contributed by atoms with Crippen LogP contribution in [0.5, 0.6) is 0 Å². The molecule has 0 aliphatic carbocycles. The Labute approximate surface area is 198 Å². The van der Waals surface area contributed by atoms with Gasteiger partial charge in [-0.15, -0.1) is 5.53 Å². The Morgan fingerprint density at radius 2 is 1.88 bits per heavy atom. The Hall–Kier alpha value is -3.95. The number of carbonyl (C=O) groups excluding carboxylic acids is 2. The molecule has 34 heavy (non-hydrogen) atoms. The average molecular weight is 461 g/mol. The number of nitrogens with zero attached hydrogens (tertiary/aromatic N) is 2. The highest BCUT2D eigenvalue weighted by Gasteiger charge is 2.18. The van der Waals surface area contributed by atoms with E-state index in [0.717, 1.165) is 22.8 Å². The third kappa shape index (κ3) is 5.51. The SMILES string of the molecule is CCCOCCNC(=O)c1ncccc1NC(=O)c1ccc(CN2C=CNN2)c2ccccc12. The number of fused-ring (bicyclic) bond motifs is 1. The van der Waals surface area contributed by atoms with E-state index in [9.17, 15) is 9.59 Å². The Bertz CT molecular complexity index is 1200. The van der Waals surface area contributed by atoms with Crippen molar-refractivity contribution in [2.75, 3.05) is 25.1 Å². The Kier molecular flexibility index (Phi) is 7.69. The van der Waals surface area contributed by atoms with Gasteiger partial charge in [0.05, 0.1) is 18.8 Å². The quantitative estimate of drug-likeness (QED) is 0.345. The number of hydrazine groups is 2. The van der Waals surface area contributed by atoms with E-state index in [2.05, 4.69) is 26.6 Å². The van der Waals surface area contributed by atoms with Crippen LogP contribution in [-0.2, 0) is 11.3 Å². The Morgan fingerprint density at radius 3 is 2.68 bits per heavy atom. The van der Waals surface area contributed by atoms with Crippen molar-refractivity contribution in [1.82, 2.24) is 26.3 Å². The number of benzene rings is 2. The van der Waals surface area contributed by atoms with Crippen molar-refractivity contribution in [2.24, 2.45) is 0 Å². The summed E-state index contributed by atoms with van der Waals surface area (Å²) >= 11 is 0. The molecule has 2 aromatic carbocycles. The van der Waals surface area contributed by atoms with Crippen molar-refractivity contribution in [2.45, 2.75) is 19.9 Å². The Morgan fingerprint density at radius 1 is 1.03 bits per heavy atom. The van der Waals surface area contributed by atoms with Crippen molar-refractivity contribution in [3.05, 3.63) is 83.9 Å². The van der Waals surface area contributed by atoms with Gasteiger partial charge in [0, 0.05) is 37.3 Å². The molecule has 1 aliphatic heterocycles. The summed E-state index contributed by atoms with van der Waals surface area (Å²) in [5, 5.41) is 9.37. The molecule has 9 heteroatoms. The van der Waals surface area contributed by atoms with Crippen LogP contribution in [0.3, 0.4) is 0 Å². The molecule has 0 spiro atoms. The molecular formula is C25H28N6O3. The minimum atomic E-state index is -0.365. The van der Waals surface area contributed by atoms with Gasteiger partial charge in [0.2, 0.25) is 0 Å². The van der Waals surface area contributed by atoms with E-state index < -0.39 is 0 Å². The first-order valence-corrected chi connectivity index (χ1v) is 11.2. The summed E-state index contributed by atoms with van der Waals surface area (Å²) in [6, 6.07) is 14.9. The van der Waals surface area contributed by atoms with Gasteiger partial charge >= 0.3 is 0 Å². The molecule has 2 amide bonds. The molecule has 0 saturated heterocycles. The summed E-state index contributed by atoms with van der Waals surface area (Å²) in [6.07, 6.45) is 6.16. The van der Waals surface area contributed by atoms with Crippen molar-refractivity contribution in [3.8, 4) is 0 Å². The number of amides is 2. The van der Waals surface area contributed by atoms with Crippen LogP contribution in [0.1, 0.15) is 39.8 Å². The minimum Gasteiger partial charge on any atom is -0.380 e. The first kappa shape index (κ1) is 23.2. The van der Waals surface area contributed by atoms with Gasteiger partial charge in [-0.05, 0) is 41.0 Å². The third-order valence-corrected chi connectivity index (χ3v) is 5.30. The van der Waals surface area contributed by atoms with Crippen LogP contribution in [0.2, 0.25) is 0 Å². The molecule has 4 rings (SSSR count). The highest BCUT2D eigenvalue weighted by Crippen LogP contribution is 2.25. The fraction of sp³-hybridized carbons (Fsp3) is 0.240. The van der Waals surface area contributed by atoms with E-state index in [4.69, 9.17) is 4.74 Å². The first-order chi connectivity index (χ1) is 16.7. The molecular weight excluding hydrogens is 432 g/mol. The van der Waals surface area contributed by atoms with Crippen molar-refractivity contribution in [3.63, 3.8) is 0 Å². The number of pyridine rings is 1. The van der Waals surface area contributed by atoms with Gasteiger partial charge in [0.15, 0.2) is 5.69 Å². The van der Waals surface area contributed by atoms with Crippen LogP contribution < -0.4 is 21.6 Å². The van der Waals surface area contributed by atoms with Gasteiger partial charge in [-0.1, -0.05) is 37.3 Å². The predicted octanol–water partition coefficient (Wildman–Crippen LogP) is 2.94. The maximum absolute atomic E-state index is 13.3. The van der Waals surface area contributed by atoms with Gasteiger partial charge < -0.3 is 20.8 Å². The molecule has 0 unspecified atom stereocenters.